The van der Waals surface area contributed by atoms with Crippen LogP contribution in [0.5, 0.6) is 5.75 Å². The molecular weight excluding hydrogens is 230 g/mol. The molecule has 0 saturated carbocycles. The van der Waals surface area contributed by atoms with Crippen molar-refractivity contribution in [1.82, 2.24) is 0 Å². The van der Waals surface area contributed by atoms with E-state index in [4.69, 9.17) is 10.00 Å². The second kappa shape index (κ2) is 4.89. The maximum Gasteiger partial charge on any atom is 0.319 e. The molecule has 0 amide bonds. The van der Waals surface area contributed by atoms with Crippen LogP contribution in [0.25, 0.3) is 0 Å². The number of non-ortho nitro benzene ring substituents is 1. The standard InChI is InChI=1S/C9H7N3O5/c1-2-17-9-6(5-10)3-7(11(13)14)4-8(9)12(15)16/h3-4H,2H2,1H3. The number of ether oxygens (including phenoxy) is 1. The van der Waals surface area contributed by atoms with E-state index in [-0.39, 0.29) is 17.9 Å². The molecule has 0 radical (unpaired) electrons. The Hall–Kier alpha value is -2.69. The molecule has 0 fully saturated rings. The van der Waals surface area contributed by atoms with Crippen molar-refractivity contribution < 1.29 is 14.6 Å². The smallest absolute Gasteiger partial charge is 0.319 e. The van der Waals surface area contributed by atoms with E-state index in [0.717, 1.165) is 12.1 Å². The van der Waals surface area contributed by atoms with Gasteiger partial charge in [0.25, 0.3) is 5.69 Å². The van der Waals surface area contributed by atoms with Crippen LogP contribution in [0.3, 0.4) is 0 Å². The quantitative estimate of drug-likeness (QED) is 0.581. The van der Waals surface area contributed by atoms with Gasteiger partial charge in [-0.25, -0.2) is 0 Å². The molecule has 0 N–H and O–H groups in total. The normalized spacial score (nSPS) is 9.41. The van der Waals surface area contributed by atoms with Crippen molar-refractivity contribution in [3.05, 3.63) is 37.9 Å². The van der Waals surface area contributed by atoms with E-state index in [1.165, 1.54) is 0 Å². The lowest BCUT2D eigenvalue weighted by atomic mass is 10.1. The molecule has 0 aliphatic rings. The molecule has 0 atom stereocenters. The Morgan fingerprint density at radius 1 is 1.35 bits per heavy atom. The Bertz CT molecular complexity index is 520. The van der Waals surface area contributed by atoms with Gasteiger partial charge >= 0.3 is 5.69 Å². The molecule has 0 saturated heterocycles. The average molecular weight is 237 g/mol. The first kappa shape index (κ1) is 12.4. The Labute approximate surface area is 95.3 Å². The summed E-state index contributed by atoms with van der Waals surface area (Å²) >= 11 is 0. The first-order valence-electron chi connectivity index (χ1n) is 4.51. The van der Waals surface area contributed by atoms with Crippen molar-refractivity contribution in [3.63, 3.8) is 0 Å². The lowest BCUT2D eigenvalue weighted by Crippen LogP contribution is -2.01. The summed E-state index contributed by atoms with van der Waals surface area (Å²) in [5, 5.41) is 30.1. The summed E-state index contributed by atoms with van der Waals surface area (Å²) in [6.45, 7) is 1.71. The second-order valence-electron chi connectivity index (χ2n) is 2.90. The number of nitriles is 1. The van der Waals surface area contributed by atoms with Gasteiger partial charge in [-0.2, -0.15) is 5.26 Å². The number of nitrogens with zero attached hydrogens (tertiary/aromatic N) is 3. The van der Waals surface area contributed by atoms with Crippen molar-refractivity contribution in [2.45, 2.75) is 6.92 Å². The molecule has 0 bridgehead atoms. The van der Waals surface area contributed by atoms with Gasteiger partial charge in [0.05, 0.1) is 22.5 Å². The zero-order chi connectivity index (χ0) is 13.0. The van der Waals surface area contributed by atoms with Gasteiger partial charge in [-0.05, 0) is 6.92 Å². The fraction of sp³-hybridized carbons (Fsp3) is 0.222. The number of nitro groups is 2. The van der Waals surface area contributed by atoms with Crippen LogP contribution in [-0.2, 0) is 0 Å². The van der Waals surface area contributed by atoms with E-state index in [1.54, 1.807) is 13.0 Å². The van der Waals surface area contributed by atoms with Crippen LogP contribution in [0, 0.1) is 31.6 Å². The molecule has 17 heavy (non-hydrogen) atoms. The Morgan fingerprint density at radius 3 is 2.41 bits per heavy atom. The number of hydrogen-bond acceptors (Lipinski definition) is 6. The molecule has 0 aliphatic heterocycles. The minimum atomic E-state index is -0.821. The van der Waals surface area contributed by atoms with Crippen LogP contribution in [0.4, 0.5) is 11.4 Å². The van der Waals surface area contributed by atoms with Crippen LogP contribution in [0.2, 0.25) is 0 Å². The van der Waals surface area contributed by atoms with Gasteiger partial charge < -0.3 is 4.74 Å². The van der Waals surface area contributed by atoms with Crippen molar-refractivity contribution in [3.8, 4) is 11.8 Å². The van der Waals surface area contributed by atoms with Crippen molar-refractivity contribution in [1.29, 1.82) is 5.26 Å². The zero-order valence-corrected chi connectivity index (χ0v) is 8.74. The highest BCUT2D eigenvalue weighted by Gasteiger charge is 2.25. The zero-order valence-electron chi connectivity index (χ0n) is 8.74. The van der Waals surface area contributed by atoms with Crippen molar-refractivity contribution in [2.75, 3.05) is 6.61 Å². The summed E-state index contributed by atoms with van der Waals surface area (Å²) in [6, 6.07) is 3.35. The van der Waals surface area contributed by atoms with Gasteiger partial charge in [0.15, 0.2) is 0 Å². The van der Waals surface area contributed by atoms with Gasteiger partial charge in [-0.1, -0.05) is 0 Å². The monoisotopic (exact) mass is 237 g/mol. The highest BCUT2D eigenvalue weighted by Crippen LogP contribution is 2.34. The third-order valence-corrected chi connectivity index (χ3v) is 1.87. The van der Waals surface area contributed by atoms with Gasteiger partial charge in [0.2, 0.25) is 5.75 Å². The minimum absolute atomic E-state index is 0.118. The van der Waals surface area contributed by atoms with Crippen LogP contribution in [-0.4, -0.2) is 16.5 Å². The predicted octanol–water partition coefficient (Wildman–Crippen LogP) is 1.77. The minimum Gasteiger partial charge on any atom is -0.486 e. The van der Waals surface area contributed by atoms with Crippen LogP contribution >= 0.6 is 0 Å². The van der Waals surface area contributed by atoms with Gasteiger partial charge in [-0.15, -0.1) is 0 Å². The SMILES string of the molecule is CCOc1c(C#N)cc([N+](=O)[O-])cc1[N+](=O)[O-]. The van der Waals surface area contributed by atoms with Gasteiger partial charge in [0, 0.05) is 6.07 Å². The number of rotatable bonds is 4. The first-order valence-corrected chi connectivity index (χ1v) is 4.51. The summed E-state index contributed by atoms with van der Waals surface area (Å²) in [6.07, 6.45) is 0. The highest BCUT2D eigenvalue weighted by molar-refractivity contribution is 5.62. The lowest BCUT2D eigenvalue weighted by molar-refractivity contribution is -0.394. The van der Waals surface area contributed by atoms with Crippen molar-refractivity contribution in [2.24, 2.45) is 0 Å². The molecule has 0 spiro atoms. The maximum atomic E-state index is 10.7. The molecule has 1 aromatic carbocycles. The van der Waals surface area contributed by atoms with E-state index in [1.807, 2.05) is 0 Å². The molecule has 88 valence electrons. The molecule has 0 unspecified atom stereocenters. The van der Waals surface area contributed by atoms with E-state index in [0.29, 0.717) is 0 Å². The Kier molecular flexibility index (Phi) is 3.56. The first-order chi connectivity index (χ1) is 8.01. The molecular formula is C9H7N3O5. The molecule has 8 nitrogen and oxygen atoms in total. The largest absolute Gasteiger partial charge is 0.486 e. The maximum absolute atomic E-state index is 10.7. The predicted molar refractivity (Wildman–Crippen MR) is 55.6 cm³/mol. The fourth-order valence-electron chi connectivity index (χ4n) is 1.22. The van der Waals surface area contributed by atoms with E-state index < -0.39 is 21.2 Å². The Morgan fingerprint density at radius 2 is 2.00 bits per heavy atom. The topological polar surface area (TPSA) is 119 Å². The third kappa shape index (κ3) is 2.46. The molecule has 0 aliphatic carbocycles. The van der Waals surface area contributed by atoms with Gasteiger partial charge in [-0.3, -0.25) is 20.2 Å². The van der Waals surface area contributed by atoms with E-state index in [9.17, 15) is 20.2 Å². The average Bonchev–Trinajstić information content (AvgIpc) is 2.28. The number of hydrogen-bond donors (Lipinski definition) is 0. The molecule has 1 rings (SSSR count). The fourth-order valence-corrected chi connectivity index (χ4v) is 1.22. The van der Waals surface area contributed by atoms with E-state index in [2.05, 4.69) is 0 Å². The lowest BCUT2D eigenvalue weighted by Gasteiger charge is -2.05. The number of nitro benzene ring substituents is 2. The molecule has 8 heteroatoms. The van der Waals surface area contributed by atoms with Crippen LogP contribution < -0.4 is 4.74 Å². The van der Waals surface area contributed by atoms with E-state index >= 15 is 0 Å². The summed E-state index contributed by atoms with van der Waals surface area (Å²) in [5.74, 6) is -0.245. The molecule has 1 aromatic rings. The second-order valence-corrected chi connectivity index (χ2v) is 2.90. The summed E-state index contributed by atoms with van der Waals surface area (Å²) < 4.78 is 4.97. The van der Waals surface area contributed by atoms with Crippen LogP contribution in [0.15, 0.2) is 12.1 Å². The third-order valence-electron chi connectivity index (χ3n) is 1.87. The Balaban J connectivity index is 3.52. The summed E-state index contributed by atoms with van der Waals surface area (Å²) in [7, 11) is 0. The van der Waals surface area contributed by atoms with Crippen LogP contribution in [0.1, 0.15) is 12.5 Å². The molecule has 0 heterocycles. The van der Waals surface area contributed by atoms with Crippen molar-refractivity contribution >= 4 is 11.4 Å². The summed E-state index contributed by atoms with van der Waals surface area (Å²) in [4.78, 5) is 19.7. The summed E-state index contributed by atoms with van der Waals surface area (Å²) in [5.41, 5.74) is -1.33. The van der Waals surface area contributed by atoms with Gasteiger partial charge in [0.1, 0.15) is 11.6 Å². The highest BCUT2D eigenvalue weighted by atomic mass is 16.6. The number of benzene rings is 1. The molecule has 0 aromatic heterocycles.